The van der Waals surface area contributed by atoms with Crippen LogP contribution >= 0.6 is 11.6 Å². The van der Waals surface area contributed by atoms with Gasteiger partial charge in [0, 0.05) is 16.8 Å². The third kappa shape index (κ3) is 5.92. The van der Waals surface area contributed by atoms with Gasteiger partial charge in [0.25, 0.3) is 0 Å². The second kappa shape index (κ2) is 7.27. The van der Waals surface area contributed by atoms with Gasteiger partial charge in [-0.25, -0.2) is 4.79 Å². The molecule has 0 bridgehead atoms. The molecule has 0 aromatic heterocycles. The zero-order valence-electron chi connectivity index (χ0n) is 11.2. The van der Waals surface area contributed by atoms with Crippen LogP contribution < -0.4 is 10.6 Å². The van der Waals surface area contributed by atoms with E-state index in [0.29, 0.717) is 16.6 Å². The van der Waals surface area contributed by atoms with Crippen LogP contribution in [0.4, 0.5) is 10.5 Å². The Labute approximate surface area is 114 Å². The molecule has 0 radical (unpaired) electrons. The molecule has 0 heterocycles. The van der Waals surface area contributed by atoms with Gasteiger partial charge in [0.2, 0.25) is 0 Å². The minimum atomic E-state index is -0.187. The van der Waals surface area contributed by atoms with Gasteiger partial charge >= 0.3 is 6.03 Å². The van der Waals surface area contributed by atoms with Gasteiger partial charge in [-0.15, -0.1) is 0 Å². The Morgan fingerprint density at radius 3 is 2.61 bits per heavy atom. The van der Waals surface area contributed by atoms with E-state index in [-0.39, 0.29) is 12.1 Å². The summed E-state index contributed by atoms with van der Waals surface area (Å²) in [4.78, 5) is 11.7. The highest BCUT2D eigenvalue weighted by molar-refractivity contribution is 6.30. The van der Waals surface area contributed by atoms with E-state index < -0.39 is 0 Å². The topological polar surface area (TPSA) is 41.1 Å². The summed E-state index contributed by atoms with van der Waals surface area (Å²) in [7, 11) is 0. The smallest absolute Gasteiger partial charge is 0.319 e. The molecule has 0 saturated carbocycles. The zero-order chi connectivity index (χ0) is 13.5. The van der Waals surface area contributed by atoms with Crippen LogP contribution in [0.1, 0.15) is 33.6 Å². The van der Waals surface area contributed by atoms with Crippen molar-refractivity contribution in [3.63, 3.8) is 0 Å². The summed E-state index contributed by atoms with van der Waals surface area (Å²) in [6, 6.07) is 7.10. The summed E-state index contributed by atoms with van der Waals surface area (Å²) in [5.41, 5.74) is 0.705. The number of hydrogen-bond acceptors (Lipinski definition) is 1. The van der Waals surface area contributed by atoms with Crippen molar-refractivity contribution in [3.05, 3.63) is 29.3 Å². The van der Waals surface area contributed by atoms with Gasteiger partial charge in [0.1, 0.15) is 0 Å². The first kappa shape index (κ1) is 14.8. The molecule has 100 valence electrons. The van der Waals surface area contributed by atoms with Crippen LogP contribution in [0.3, 0.4) is 0 Å². The van der Waals surface area contributed by atoms with Crippen molar-refractivity contribution in [2.45, 2.75) is 39.7 Å². The SMILES string of the molecule is CC(C)CCC(C)NC(=O)Nc1cccc(Cl)c1. The Kier molecular flexibility index (Phi) is 5.99. The highest BCUT2D eigenvalue weighted by Gasteiger charge is 2.08. The van der Waals surface area contributed by atoms with Gasteiger partial charge < -0.3 is 10.6 Å². The van der Waals surface area contributed by atoms with Crippen LogP contribution in [0.2, 0.25) is 5.02 Å². The Balaban J connectivity index is 2.37. The van der Waals surface area contributed by atoms with E-state index in [0.717, 1.165) is 12.8 Å². The minimum Gasteiger partial charge on any atom is -0.335 e. The summed E-state index contributed by atoms with van der Waals surface area (Å²) in [5.74, 6) is 0.658. The molecule has 0 fully saturated rings. The molecule has 0 spiro atoms. The van der Waals surface area contributed by atoms with Crippen LogP contribution in [0.15, 0.2) is 24.3 Å². The fraction of sp³-hybridized carbons (Fsp3) is 0.500. The number of benzene rings is 1. The predicted octanol–water partition coefficient (Wildman–Crippen LogP) is 4.29. The van der Waals surface area contributed by atoms with Gasteiger partial charge in [-0.2, -0.15) is 0 Å². The third-order valence-electron chi connectivity index (χ3n) is 2.64. The Morgan fingerprint density at radius 2 is 2.00 bits per heavy atom. The third-order valence-corrected chi connectivity index (χ3v) is 2.87. The first-order chi connectivity index (χ1) is 8.47. The fourth-order valence-corrected chi connectivity index (χ4v) is 1.80. The molecule has 1 rings (SSSR count). The van der Waals surface area contributed by atoms with Crippen LogP contribution in [-0.4, -0.2) is 12.1 Å². The number of carbonyl (C=O) groups excluding carboxylic acids is 1. The summed E-state index contributed by atoms with van der Waals surface area (Å²) in [6.45, 7) is 6.37. The van der Waals surface area contributed by atoms with E-state index in [4.69, 9.17) is 11.6 Å². The first-order valence-corrected chi connectivity index (χ1v) is 6.68. The zero-order valence-corrected chi connectivity index (χ0v) is 11.9. The molecule has 0 saturated heterocycles. The van der Waals surface area contributed by atoms with E-state index in [9.17, 15) is 4.79 Å². The Bertz CT molecular complexity index is 393. The molecule has 18 heavy (non-hydrogen) atoms. The lowest BCUT2D eigenvalue weighted by Gasteiger charge is -2.15. The Morgan fingerprint density at radius 1 is 1.28 bits per heavy atom. The summed E-state index contributed by atoms with van der Waals surface area (Å²) in [6.07, 6.45) is 2.10. The monoisotopic (exact) mass is 268 g/mol. The van der Waals surface area contributed by atoms with Gasteiger partial charge in [-0.05, 0) is 43.9 Å². The van der Waals surface area contributed by atoms with E-state index in [1.807, 2.05) is 13.0 Å². The van der Waals surface area contributed by atoms with Gasteiger partial charge in [0.05, 0.1) is 0 Å². The van der Waals surface area contributed by atoms with E-state index in [1.165, 1.54) is 0 Å². The molecular formula is C14H21ClN2O. The highest BCUT2D eigenvalue weighted by Crippen LogP contribution is 2.14. The summed E-state index contributed by atoms with van der Waals surface area (Å²) >= 11 is 5.85. The number of anilines is 1. The van der Waals surface area contributed by atoms with E-state index >= 15 is 0 Å². The van der Waals surface area contributed by atoms with E-state index in [1.54, 1.807) is 18.2 Å². The van der Waals surface area contributed by atoms with Gasteiger partial charge in [-0.3, -0.25) is 0 Å². The van der Waals surface area contributed by atoms with Crippen molar-refractivity contribution in [1.29, 1.82) is 0 Å². The molecule has 2 N–H and O–H groups in total. The summed E-state index contributed by atoms with van der Waals surface area (Å²) in [5, 5.41) is 6.29. The largest absolute Gasteiger partial charge is 0.335 e. The molecule has 3 nitrogen and oxygen atoms in total. The average molecular weight is 269 g/mol. The molecule has 1 atom stereocenters. The molecule has 2 amide bonds. The van der Waals surface area contributed by atoms with Crippen molar-refractivity contribution >= 4 is 23.3 Å². The maximum absolute atomic E-state index is 11.7. The van der Waals surface area contributed by atoms with Gasteiger partial charge in [0.15, 0.2) is 0 Å². The molecule has 1 aromatic rings. The number of nitrogens with one attached hydrogen (secondary N) is 2. The molecule has 1 unspecified atom stereocenters. The lowest BCUT2D eigenvalue weighted by Crippen LogP contribution is -2.36. The molecular weight excluding hydrogens is 248 g/mol. The number of urea groups is 1. The first-order valence-electron chi connectivity index (χ1n) is 6.30. The lowest BCUT2D eigenvalue weighted by atomic mass is 10.0. The lowest BCUT2D eigenvalue weighted by molar-refractivity contribution is 0.248. The second-order valence-corrected chi connectivity index (χ2v) is 5.42. The van der Waals surface area contributed by atoms with Crippen molar-refractivity contribution < 1.29 is 4.79 Å². The van der Waals surface area contributed by atoms with Crippen LogP contribution in [0.5, 0.6) is 0 Å². The average Bonchev–Trinajstić information content (AvgIpc) is 2.26. The van der Waals surface area contributed by atoms with Crippen molar-refractivity contribution in [2.24, 2.45) is 5.92 Å². The predicted molar refractivity (Wildman–Crippen MR) is 77.1 cm³/mol. The molecule has 1 aromatic carbocycles. The van der Waals surface area contributed by atoms with Crippen molar-refractivity contribution in [3.8, 4) is 0 Å². The normalized spacial score (nSPS) is 12.3. The van der Waals surface area contributed by atoms with Crippen molar-refractivity contribution in [2.75, 3.05) is 5.32 Å². The molecule has 0 aliphatic heterocycles. The highest BCUT2D eigenvalue weighted by atomic mass is 35.5. The van der Waals surface area contributed by atoms with Crippen LogP contribution in [0, 0.1) is 5.92 Å². The fourth-order valence-electron chi connectivity index (χ4n) is 1.61. The van der Waals surface area contributed by atoms with Gasteiger partial charge in [-0.1, -0.05) is 31.5 Å². The quantitative estimate of drug-likeness (QED) is 0.822. The molecule has 0 aliphatic carbocycles. The number of carbonyl (C=O) groups is 1. The van der Waals surface area contributed by atoms with Crippen LogP contribution in [-0.2, 0) is 0 Å². The van der Waals surface area contributed by atoms with Crippen molar-refractivity contribution in [1.82, 2.24) is 5.32 Å². The van der Waals surface area contributed by atoms with Crippen LogP contribution in [0.25, 0.3) is 0 Å². The molecule has 4 heteroatoms. The standard InChI is InChI=1S/C14H21ClN2O/c1-10(2)7-8-11(3)16-14(18)17-13-6-4-5-12(15)9-13/h4-6,9-11H,7-8H2,1-3H3,(H2,16,17,18). The number of rotatable bonds is 5. The molecule has 0 aliphatic rings. The second-order valence-electron chi connectivity index (χ2n) is 4.98. The van der Waals surface area contributed by atoms with E-state index in [2.05, 4.69) is 24.5 Å². The minimum absolute atomic E-state index is 0.173. The maximum atomic E-state index is 11.7. The Hall–Kier alpha value is -1.22. The summed E-state index contributed by atoms with van der Waals surface area (Å²) < 4.78 is 0. The maximum Gasteiger partial charge on any atom is 0.319 e. The number of halogens is 1. The number of amides is 2. The number of hydrogen-bond donors (Lipinski definition) is 2.